The first-order valence-electron chi connectivity index (χ1n) is 13.9. The molecule has 2 N–H and O–H groups in total. The van der Waals surface area contributed by atoms with Crippen LogP contribution < -0.4 is 11.4 Å². The van der Waals surface area contributed by atoms with Gasteiger partial charge in [-0.15, -0.1) is 15.3 Å². The number of unbranched alkanes of at least 4 members (excludes halogenated alkanes) is 4. The van der Waals surface area contributed by atoms with Crippen LogP contribution in [0.2, 0.25) is 0 Å². The van der Waals surface area contributed by atoms with Crippen LogP contribution in [0.4, 0.5) is 26.3 Å². The van der Waals surface area contributed by atoms with Gasteiger partial charge in [0.2, 0.25) is 5.82 Å². The van der Waals surface area contributed by atoms with Crippen LogP contribution in [0.25, 0.3) is 33.6 Å². The molecule has 14 nitrogen and oxygen atoms in total. The Morgan fingerprint density at radius 2 is 1.20 bits per heavy atom. The third-order valence-corrected chi connectivity index (χ3v) is 7.60. The van der Waals surface area contributed by atoms with Crippen molar-refractivity contribution in [2.75, 3.05) is 0 Å². The fourth-order valence-corrected chi connectivity index (χ4v) is 5.50. The van der Waals surface area contributed by atoms with Gasteiger partial charge in [0.15, 0.2) is 32.1 Å². The minimum Gasteiger partial charge on any atom is -0.328 e. The molecule has 0 atom stereocenters. The van der Waals surface area contributed by atoms with Gasteiger partial charge in [0.05, 0.1) is 0 Å². The molecule has 46 heavy (non-hydrogen) atoms. The van der Waals surface area contributed by atoms with E-state index >= 15 is 0 Å². The van der Waals surface area contributed by atoms with E-state index in [9.17, 15) is 35.9 Å². The number of H-pyrrole nitrogens is 2. The highest BCUT2D eigenvalue weighted by molar-refractivity contribution is 9.10. The standard InChI is InChI=1S/2C12H12BrF3N6O/c1-2-3-4-5-21-7-6(17-10(13)19-7)8-18-9(12(14,15)16)20-22(8)11(21)23;1-2-3-4-5-21-7-6(17-10(13)18-7)8-19-20-9(12(14,15)16)22(8)11(21)23/h2-5H2,1H3,(H,17,19);2-5H2,1H3,(H,17,18). The Morgan fingerprint density at radius 3 is 1.70 bits per heavy atom. The van der Waals surface area contributed by atoms with Crippen molar-refractivity contribution in [2.45, 2.75) is 77.8 Å². The van der Waals surface area contributed by atoms with Gasteiger partial charge in [0.25, 0.3) is 5.82 Å². The molecule has 0 bridgehead atoms. The van der Waals surface area contributed by atoms with Crippen molar-refractivity contribution in [2.24, 2.45) is 0 Å². The number of hydrogen-bond donors (Lipinski definition) is 2. The minimum atomic E-state index is -4.77. The SMILES string of the molecule is CCCCCn1c(=O)n2c(C(F)(F)F)nnc2c2[nH]c(Br)nc21.CCCCCn1c(=O)n2nc(C(F)(F)F)nc2c2[nH]c(Br)nc21. The highest BCUT2D eigenvalue weighted by Gasteiger charge is 2.39. The fraction of sp³-hybridized carbons (Fsp3) is 0.500. The summed E-state index contributed by atoms with van der Waals surface area (Å²) in [5.74, 6) is -2.69. The lowest BCUT2D eigenvalue weighted by molar-refractivity contribution is -0.146. The fourth-order valence-electron chi connectivity index (χ4n) is 4.77. The van der Waals surface area contributed by atoms with E-state index in [0.29, 0.717) is 37.8 Å². The van der Waals surface area contributed by atoms with Crippen molar-refractivity contribution in [3.63, 3.8) is 0 Å². The first kappa shape index (κ1) is 33.5. The Balaban J connectivity index is 0.000000181. The maximum Gasteiger partial charge on any atom is 0.453 e. The minimum absolute atomic E-state index is 0.192. The lowest BCUT2D eigenvalue weighted by Gasteiger charge is -2.09. The monoisotopic (exact) mass is 784 g/mol. The van der Waals surface area contributed by atoms with Crippen LogP contribution in [0.15, 0.2) is 19.1 Å². The van der Waals surface area contributed by atoms with E-state index < -0.39 is 35.4 Å². The molecule has 6 rings (SSSR count). The molecule has 0 amide bonds. The molecule has 22 heteroatoms. The summed E-state index contributed by atoms with van der Waals surface area (Å²) in [4.78, 5) is 42.3. The van der Waals surface area contributed by atoms with Crippen LogP contribution in [0.5, 0.6) is 0 Å². The van der Waals surface area contributed by atoms with E-state index in [0.717, 1.165) is 25.7 Å². The Hall–Kier alpha value is -3.82. The van der Waals surface area contributed by atoms with Gasteiger partial charge in [-0.25, -0.2) is 28.9 Å². The normalized spacial score (nSPS) is 12.6. The van der Waals surface area contributed by atoms with E-state index in [1.165, 1.54) is 9.13 Å². The number of fused-ring (bicyclic) bond motifs is 6. The van der Waals surface area contributed by atoms with E-state index in [2.05, 4.69) is 72.1 Å². The number of hydrogen-bond acceptors (Lipinski definition) is 8. The number of aromatic nitrogens is 12. The zero-order chi connectivity index (χ0) is 33.6. The molecule has 0 aliphatic rings. The second kappa shape index (κ2) is 12.8. The molecule has 0 spiro atoms. The number of aromatic amines is 2. The van der Waals surface area contributed by atoms with Crippen LogP contribution in [0, 0.1) is 0 Å². The average Bonchev–Trinajstić information content (AvgIpc) is 3.76. The Labute approximate surface area is 269 Å². The molecule has 0 unspecified atom stereocenters. The largest absolute Gasteiger partial charge is 0.453 e. The van der Waals surface area contributed by atoms with Gasteiger partial charge < -0.3 is 9.97 Å². The molecule has 0 fully saturated rings. The highest BCUT2D eigenvalue weighted by Crippen LogP contribution is 2.29. The zero-order valence-corrected chi connectivity index (χ0v) is 27.1. The maximum atomic E-state index is 13.1. The predicted molar refractivity (Wildman–Crippen MR) is 158 cm³/mol. The highest BCUT2D eigenvalue weighted by atomic mass is 79.9. The maximum absolute atomic E-state index is 13.1. The topological polar surface area (TPSA) is 162 Å². The van der Waals surface area contributed by atoms with E-state index in [-0.39, 0.29) is 40.2 Å². The second-order valence-electron chi connectivity index (χ2n) is 10.1. The molecular formula is C24H24Br2F6N12O2. The van der Waals surface area contributed by atoms with Crippen molar-refractivity contribution in [3.8, 4) is 0 Å². The molecule has 6 heterocycles. The summed E-state index contributed by atoms with van der Waals surface area (Å²) in [6, 6.07) is 0. The van der Waals surface area contributed by atoms with Gasteiger partial charge in [-0.05, 0) is 44.7 Å². The summed E-state index contributed by atoms with van der Waals surface area (Å²) in [6.07, 6.45) is -4.52. The molecule has 0 aliphatic carbocycles. The number of aryl methyl sites for hydroxylation is 2. The molecule has 0 saturated heterocycles. The van der Waals surface area contributed by atoms with Gasteiger partial charge >= 0.3 is 23.7 Å². The van der Waals surface area contributed by atoms with Crippen LogP contribution >= 0.6 is 31.9 Å². The van der Waals surface area contributed by atoms with Gasteiger partial charge in [-0.3, -0.25) is 9.13 Å². The first-order valence-corrected chi connectivity index (χ1v) is 15.5. The molecule has 0 aromatic carbocycles. The molecular weight excluding hydrogens is 762 g/mol. The summed E-state index contributed by atoms with van der Waals surface area (Å²) in [6.45, 7) is 4.62. The van der Waals surface area contributed by atoms with Gasteiger partial charge in [-0.2, -0.15) is 30.9 Å². The van der Waals surface area contributed by atoms with Crippen molar-refractivity contribution < 1.29 is 26.3 Å². The Kier molecular flexibility index (Phi) is 9.30. The second-order valence-corrected chi connectivity index (χ2v) is 11.6. The molecule has 6 aromatic heterocycles. The summed E-state index contributed by atoms with van der Waals surface area (Å²) < 4.78 is 82.0. The average molecular weight is 786 g/mol. The van der Waals surface area contributed by atoms with Crippen molar-refractivity contribution in [1.82, 2.24) is 58.3 Å². The summed E-state index contributed by atoms with van der Waals surface area (Å²) >= 11 is 6.27. The van der Waals surface area contributed by atoms with E-state index in [4.69, 9.17) is 0 Å². The van der Waals surface area contributed by atoms with Crippen LogP contribution in [-0.4, -0.2) is 58.3 Å². The zero-order valence-electron chi connectivity index (χ0n) is 24.0. The Bertz CT molecular complexity index is 2110. The van der Waals surface area contributed by atoms with Gasteiger partial charge in [-0.1, -0.05) is 39.5 Å². The quantitative estimate of drug-likeness (QED) is 0.117. The summed E-state index contributed by atoms with van der Waals surface area (Å²) in [5.41, 5.74) is -0.944. The summed E-state index contributed by atoms with van der Waals surface area (Å²) in [7, 11) is 0. The first-order chi connectivity index (χ1) is 21.7. The molecule has 6 aromatic rings. The molecule has 0 aliphatic heterocycles. The van der Waals surface area contributed by atoms with Crippen LogP contribution in [0.3, 0.4) is 0 Å². The van der Waals surface area contributed by atoms with E-state index in [1.54, 1.807) is 0 Å². The van der Waals surface area contributed by atoms with Crippen molar-refractivity contribution >= 4 is 65.5 Å². The predicted octanol–water partition coefficient (Wildman–Crippen LogP) is 5.48. The van der Waals surface area contributed by atoms with Crippen LogP contribution in [0.1, 0.15) is 64.0 Å². The smallest absolute Gasteiger partial charge is 0.328 e. The van der Waals surface area contributed by atoms with E-state index in [1.807, 2.05) is 13.8 Å². The number of imidazole rings is 2. The third-order valence-electron chi connectivity index (χ3n) is 6.85. The third kappa shape index (κ3) is 6.27. The Morgan fingerprint density at radius 1 is 0.674 bits per heavy atom. The number of halogens is 8. The number of alkyl halides is 6. The molecule has 0 radical (unpaired) electrons. The number of nitrogens with one attached hydrogen (secondary N) is 2. The lowest BCUT2D eigenvalue weighted by atomic mass is 10.2. The molecule has 0 saturated carbocycles. The summed E-state index contributed by atoms with van der Waals surface area (Å²) in [5, 5.41) is 9.96. The lowest BCUT2D eigenvalue weighted by Crippen LogP contribution is -2.30. The van der Waals surface area contributed by atoms with Crippen LogP contribution in [-0.2, 0) is 25.4 Å². The van der Waals surface area contributed by atoms with Crippen molar-refractivity contribution in [1.29, 1.82) is 0 Å². The molecule has 248 valence electrons. The number of nitrogens with zero attached hydrogens (tertiary/aromatic N) is 10. The van der Waals surface area contributed by atoms with Crippen molar-refractivity contribution in [3.05, 3.63) is 42.1 Å². The van der Waals surface area contributed by atoms with Gasteiger partial charge in [0.1, 0.15) is 11.0 Å². The number of rotatable bonds is 8. The van der Waals surface area contributed by atoms with Gasteiger partial charge in [0, 0.05) is 13.1 Å².